The van der Waals surface area contributed by atoms with Gasteiger partial charge in [-0.25, -0.2) is 0 Å². The standard InChI is InChI=1S/C33H57N11O11S3/c1-16(2)11-19(26(35)49)39-24(46)7-10-58-32(55)18(5-3-8-38-33(36)37)40-30(53)23-6-4-9-44(23)31(54)20(12-25(47)48)41-28(51)21(13-45)42-29(52)22(15-57)43-27(50)17(34)14-56/h16-23,45,56-57H,3-15,34H2,1-2H3,(H2,35,49)(H,39,46)(H,40,53)(H,41,51)(H,42,52)(H,43,50)(H,47,48)(H4,36,37,38)/t17-,18-,19-,20-,21-,22-,23-/m0/s1. The molecule has 7 amide bonds. The molecular weight excluding hydrogens is 823 g/mol. The van der Waals surface area contributed by atoms with Gasteiger partial charge in [0.25, 0.3) is 0 Å². The number of hydrogen-bond donors (Lipinski definition) is 13. The zero-order chi connectivity index (χ0) is 44.1. The molecule has 1 rings (SSSR count). The molecule has 0 saturated carbocycles. The zero-order valence-corrected chi connectivity index (χ0v) is 35.0. The third-order valence-electron chi connectivity index (χ3n) is 8.50. The average molecular weight is 880 g/mol. The van der Waals surface area contributed by atoms with Crippen LogP contribution in [-0.2, 0) is 43.2 Å². The Morgan fingerprint density at radius 1 is 0.845 bits per heavy atom. The van der Waals surface area contributed by atoms with Crippen LogP contribution in [0.4, 0.5) is 0 Å². The number of carbonyl (C=O) groups is 9. The second-order valence-corrected chi connectivity index (χ2v) is 15.5. The summed E-state index contributed by atoms with van der Waals surface area (Å²) in [6.45, 7) is 2.83. The summed E-state index contributed by atoms with van der Waals surface area (Å²) in [6, 6.07) is -9.01. The van der Waals surface area contributed by atoms with Gasteiger partial charge in [-0.15, -0.1) is 0 Å². The lowest BCUT2D eigenvalue weighted by atomic mass is 10.0. The summed E-state index contributed by atoms with van der Waals surface area (Å²) in [5.41, 5.74) is 21.8. The number of rotatable bonds is 26. The van der Waals surface area contributed by atoms with Crippen molar-refractivity contribution < 1.29 is 53.4 Å². The number of primary amides is 1. The van der Waals surface area contributed by atoms with E-state index < -0.39 is 108 Å². The fraction of sp³-hybridized carbons (Fsp3) is 0.697. The second-order valence-electron chi connectivity index (χ2n) is 13.7. The van der Waals surface area contributed by atoms with E-state index in [0.29, 0.717) is 12.8 Å². The van der Waals surface area contributed by atoms with Crippen LogP contribution in [0.25, 0.3) is 0 Å². The third-order valence-corrected chi connectivity index (χ3v) is 10.2. The number of likely N-dealkylation sites (tertiary alicyclic amines) is 1. The summed E-state index contributed by atoms with van der Waals surface area (Å²) in [4.78, 5) is 120. The van der Waals surface area contributed by atoms with Crippen molar-refractivity contribution in [3.05, 3.63) is 0 Å². The SMILES string of the molecule is CC(C)C[C@H](NC(=O)CCSC(=O)[C@H](CCCN=C(N)N)NC(=O)[C@@H]1CCCN1C(=O)[C@H](CC(=O)O)NC(=O)[C@H](CO)NC(=O)[C@H](CS)NC(=O)[C@@H](N)CS)C(N)=O. The number of aliphatic carboxylic acids is 1. The van der Waals surface area contributed by atoms with E-state index in [1.54, 1.807) is 0 Å². The Bertz CT molecular complexity index is 1500. The second kappa shape index (κ2) is 26.6. The molecule has 1 fully saturated rings. The first-order valence-electron chi connectivity index (χ1n) is 18.4. The van der Waals surface area contributed by atoms with E-state index in [1.807, 2.05) is 13.8 Å². The van der Waals surface area contributed by atoms with Gasteiger partial charge in [-0.3, -0.25) is 48.1 Å². The van der Waals surface area contributed by atoms with Crippen molar-refractivity contribution in [3.8, 4) is 0 Å². The maximum atomic E-state index is 13.8. The number of carboxylic acids is 1. The topological polar surface area (TPSA) is 374 Å². The normalized spacial score (nSPS) is 16.7. The minimum absolute atomic E-state index is 0.00778. The van der Waals surface area contributed by atoms with Crippen molar-refractivity contribution >= 4 is 95.4 Å². The minimum Gasteiger partial charge on any atom is -0.481 e. The third kappa shape index (κ3) is 18.5. The van der Waals surface area contributed by atoms with Crippen LogP contribution in [0.2, 0.25) is 0 Å². The first-order valence-corrected chi connectivity index (χ1v) is 20.6. The molecule has 0 bridgehead atoms. The zero-order valence-electron chi connectivity index (χ0n) is 32.4. The van der Waals surface area contributed by atoms with E-state index in [9.17, 15) is 53.4 Å². The van der Waals surface area contributed by atoms with Crippen LogP contribution in [0.15, 0.2) is 4.99 Å². The lowest BCUT2D eigenvalue weighted by Crippen LogP contribution is -2.60. The molecule has 0 spiro atoms. The molecular formula is C33H57N11O11S3. The van der Waals surface area contributed by atoms with Crippen LogP contribution in [0.1, 0.15) is 58.8 Å². The van der Waals surface area contributed by atoms with E-state index >= 15 is 0 Å². The number of thiol groups is 2. The summed E-state index contributed by atoms with van der Waals surface area (Å²) in [6.07, 6.45) is -0.0257. The van der Waals surface area contributed by atoms with E-state index in [2.05, 4.69) is 56.8 Å². The summed E-state index contributed by atoms with van der Waals surface area (Å²) in [5, 5.41) is 30.9. The molecule has 0 unspecified atom stereocenters. The number of carbonyl (C=O) groups excluding carboxylic acids is 8. The molecule has 0 aromatic rings. The van der Waals surface area contributed by atoms with Gasteiger partial charge in [-0.05, 0) is 38.0 Å². The number of carboxylic acid groups (broad SMARTS) is 1. The van der Waals surface area contributed by atoms with Crippen LogP contribution in [0.5, 0.6) is 0 Å². The molecule has 0 aromatic carbocycles. The van der Waals surface area contributed by atoms with Crippen molar-refractivity contribution in [2.75, 3.05) is 37.0 Å². The van der Waals surface area contributed by atoms with E-state index in [4.69, 9.17) is 22.9 Å². The van der Waals surface area contributed by atoms with E-state index in [-0.39, 0.29) is 67.9 Å². The van der Waals surface area contributed by atoms with Gasteiger partial charge < -0.3 is 64.6 Å². The highest BCUT2D eigenvalue weighted by Crippen LogP contribution is 2.21. The predicted octanol–water partition coefficient (Wildman–Crippen LogP) is -4.71. The van der Waals surface area contributed by atoms with Crippen LogP contribution >= 0.6 is 37.0 Å². The number of amides is 7. The summed E-state index contributed by atoms with van der Waals surface area (Å²) < 4.78 is 0. The highest BCUT2D eigenvalue weighted by atomic mass is 32.2. The van der Waals surface area contributed by atoms with Crippen LogP contribution in [0.3, 0.4) is 0 Å². The van der Waals surface area contributed by atoms with Gasteiger partial charge in [0, 0.05) is 36.8 Å². The van der Waals surface area contributed by atoms with Gasteiger partial charge in [-0.2, -0.15) is 25.3 Å². The summed E-state index contributed by atoms with van der Waals surface area (Å²) in [5.74, 6) is -7.60. The lowest BCUT2D eigenvalue weighted by Gasteiger charge is -2.30. The first-order chi connectivity index (χ1) is 27.2. The molecule has 0 aliphatic carbocycles. The largest absolute Gasteiger partial charge is 0.481 e. The Morgan fingerprint density at radius 2 is 1.47 bits per heavy atom. The maximum absolute atomic E-state index is 13.8. The van der Waals surface area contributed by atoms with Crippen molar-refractivity contribution in [2.24, 2.45) is 33.8 Å². The number of thioether (sulfide) groups is 1. The number of aliphatic hydroxyl groups is 1. The lowest BCUT2D eigenvalue weighted by molar-refractivity contribution is -0.146. The number of aliphatic imine (C=N–C) groups is 1. The fourth-order valence-corrected chi connectivity index (χ4v) is 6.81. The fourth-order valence-electron chi connectivity index (χ4n) is 5.52. The molecule has 1 saturated heterocycles. The molecule has 1 aliphatic heterocycles. The van der Waals surface area contributed by atoms with Gasteiger partial charge in [0.2, 0.25) is 46.5 Å². The highest BCUT2D eigenvalue weighted by molar-refractivity contribution is 8.13. The maximum Gasteiger partial charge on any atom is 0.305 e. The molecule has 1 aliphatic rings. The van der Waals surface area contributed by atoms with Crippen molar-refractivity contribution in [3.63, 3.8) is 0 Å². The van der Waals surface area contributed by atoms with Gasteiger partial charge in [-0.1, -0.05) is 25.6 Å². The monoisotopic (exact) mass is 879 g/mol. The Kier molecular flexibility index (Phi) is 23.7. The van der Waals surface area contributed by atoms with Gasteiger partial charge in [0.05, 0.1) is 25.1 Å². The Hall–Kier alpha value is -4.33. The summed E-state index contributed by atoms with van der Waals surface area (Å²) in [7, 11) is 0. The van der Waals surface area contributed by atoms with E-state index in [1.165, 1.54) is 0 Å². The van der Waals surface area contributed by atoms with Crippen molar-refractivity contribution in [1.29, 1.82) is 0 Å². The molecule has 22 nitrogen and oxygen atoms in total. The number of nitrogens with one attached hydrogen (secondary N) is 5. The molecule has 0 radical (unpaired) electrons. The number of guanidine groups is 1. The number of nitrogens with zero attached hydrogens (tertiary/aromatic N) is 2. The smallest absolute Gasteiger partial charge is 0.305 e. The molecule has 328 valence electrons. The van der Waals surface area contributed by atoms with E-state index in [0.717, 1.165) is 16.7 Å². The van der Waals surface area contributed by atoms with Crippen molar-refractivity contribution in [1.82, 2.24) is 31.5 Å². The Morgan fingerprint density at radius 3 is 2.02 bits per heavy atom. The average Bonchev–Trinajstić information content (AvgIpc) is 3.65. The first kappa shape index (κ1) is 51.7. The molecule has 15 N–H and O–H groups in total. The molecule has 58 heavy (non-hydrogen) atoms. The van der Waals surface area contributed by atoms with Crippen LogP contribution in [0, 0.1) is 5.92 Å². The van der Waals surface area contributed by atoms with Crippen LogP contribution in [-0.4, -0.2) is 153 Å². The van der Waals surface area contributed by atoms with Gasteiger partial charge in [0.1, 0.15) is 30.2 Å². The van der Waals surface area contributed by atoms with Gasteiger partial charge in [0.15, 0.2) is 5.96 Å². The molecule has 1 heterocycles. The quantitative estimate of drug-likeness (QED) is 0.0168. The number of nitrogens with two attached hydrogens (primary N) is 4. The van der Waals surface area contributed by atoms with Crippen molar-refractivity contribution in [2.45, 2.75) is 101 Å². The van der Waals surface area contributed by atoms with Crippen LogP contribution < -0.4 is 49.5 Å². The number of hydrogen-bond acceptors (Lipinski definition) is 15. The predicted molar refractivity (Wildman–Crippen MR) is 220 cm³/mol. The van der Waals surface area contributed by atoms with Gasteiger partial charge >= 0.3 is 5.97 Å². The molecule has 25 heteroatoms. The highest BCUT2D eigenvalue weighted by Gasteiger charge is 2.40. The molecule has 0 aromatic heterocycles. The Balaban J connectivity index is 3.11. The summed E-state index contributed by atoms with van der Waals surface area (Å²) >= 11 is 8.71. The molecule has 7 atom stereocenters. The number of aliphatic hydroxyl groups excluding tert-OH is 1. The Labute approximate surface area is 351 Å². The minimum atomic E-state index is -1.76.